The first-order valence-electron chi connectivity index (χ1n) is 5.74. The average Bonchev–Trinajstić information content (AvgIpc) is 2.74. The van der Waals surface area contributed by atoms with Gasteiger partial charge in [0.1, 0.15) is 5.84 Å². The fraction of sp³-hybridized carbons (Fsp3) is 0.500. The predicted molar refractivity (Wildman–Crippen MR) is 65.6 cm³/mol. The lowest BCUT2D eigenvalue weighted by atomic mass is 10.1. The molecule has 5 heteroatoms. The number of nitrogens with two attached hydrogens (primary N) is 1. The van der Waals surface area contributed by atoms with Crippen molar-refractivity contribution in [2.75, 3.05) is 13.7 Å². The van der Waals surface area contributed by atoms with Gasteiger partial charge in [0.25, 0.3) is 5.56 Å². The molecule has 0 atom stereocenters. The highest BCUT2D eigenvalue weighted by Crippen LogP contribution is 2.21. The quantitative estimate of drug-likeness (QED) is 0.580. The van der Waals surface area contributed by atoms with E-state index in [-0.39, 0.29) is 11.4 Å². The van der Waals surface area contributed by atoms with Crippen LogP contribution < -0.4 is 11.3 Å². The van der Waals surface area contributed by atoms with Gasteiger partial charge in [0.2, 0.25) is 0 Å². The Morgan fingerprint density at radius 1 is 1.59 bits per heavy atom. The monoisotopic (exact) mass is 235 g/mol. The summed E-state index contributed by atoms with van der Waals surface area (Å²) >= 11 is 0. The second-order valence-corrected chi connectivity index (χ2v) is 4.25. The summed E-state index contributed by atoms with van der Waals surface area (Å²) < 4.78 is 6.73. The van der Waals surface area contributed by atoms with Gasteiger partial charge in [-0.2, -0.15) is 0 Å². The molecule has 0 spiro atoms. The van der Waals surface area contributed by atoms with Crippen LogP contribution in [0.1, 0.15) is 23.2 Å². The molecule has 1 aromatic heterocycles. The molecule has 0 radical (unpaired) electrons. The predicted octanol–water partition coefficient (Wildman–Crippen LogP) is 0.267. The van der Waals surface area contributed by atoms with Gasteiger partial charge in [-0.15, -0.1) is 0 Å². The molecular formula is C12H17N3O2. The second kappa shape index (κ2) is 4.71. The molecule has 2 rings (SSSR count). The van der Waals surface area contributed by atoms with Crippen LogP contribution in [0.15, 0.2) is 10.9 Å². The van der Waals surface area contributed by atoms with Crippen molar-refractivity contribution in [1.29, 1.82) is 5.41 Å². The van der Waals surface area contributed by atoms with Gasteiger partial charge in [-0.25, -0.2) is 0 Å². The van der Waals surface area contributed by atoms with Gasteiger partial charge in [-0.1, -0.05) is 0 Å². The van der Waals surface area contributed by atoms with Gasteiger partial charge in [0.15, 0.2) is 0 Å². The van der Waals surface area contributed by atoms with Gasteiger partial charge in [-0.3, -0.25) is 10.2 Å². The number of aryl methyl sites for hydroxylation is 1. The average molecular weight is 235 g/mol. The summed E-state index contributed by atoms with van der Waals surface area (Å²) in [4.78, 5) is 12.2. The fourth-order valence-electron chi connectivity index (χ4n) is 2.33. The van der Waals surface area contributed by atoms with Crippen LogP contribution in [-0.4, -0.2) is 24.1 Å². The Balaban J connectivity index is 2.54. The molecule has 3 N–H and O–H groups in total. The van der Waals surface area contributed by atoms with E-state index < -0.39 is 0 Å². The van der Waals surface area contributed by atoms with Gasteiger partial charge < -0.3 is 15.0 Å². The van der Waals surface area contributed by atoms with E-state index in [1.165, 1.54) is 0 Å². The van der Waals surface area contributed by atoms with Crippen molar-refractivity contribution >= 4 is 5.84 Å². The molecule has 0 fully saturated rings. The van der Waals surface area contributed by atoms with E-state index in [2.05, 4.69) is 0 Å². The molecule has 1 aliphatic rings. The summed E-state index contributed by atoms with van der Waals surface area (Å²) in [6, 6.07) is 1.77. The number of amidine groups is 1. The first-order chi connectivity index (χ1) is 8.15. The van der Waals surface area contributed by atoms with Crippen molar-refractivity contribution in [3.05, 3.63) is 33.2 Å². The number of aromatic nitrogens is 1. The maximum Gasteiger partial charge on any atom is 0.261 e. The summed E-state index contributed by atoms with van der Waals surface area (Å²) in [5, 5.41) is 7.45. The van der Waals surface area contributed by atoms with E-state index in [1.807, 2.05) is 0 Å². The van der Waals surface area contributed by atoms with Crippen molar-refractivity contribution < 1.29 is 4.74 Å². The molecular weight excluding hydrogens is 218 g/mol. The number of nitrogens with zero attached hydrogens (tertiary/aromatic N) is 1. The van der Waals surface area contributed by atoms with E-state index in [0.29, 0.717) is 18.7 Å². The smallest absolute Gasteiger partial charge is 0.261 e. The highest BCUT2D eigenvalue weighted by molar-refractivity contribution is 5.94. The molecule has 0 bridgehead atoms. The number of nitrogen functional groups attached to an aromatic ring is 1. The standard InChI is InChI=1S/C12H17N3O2/c1-17-6-5-15-10-4-2-3-8(10)7-9(11(13)14)12(15)16/h7H,2-6H2,1H3,(H3,13,14). The minimum atomic E-state index is -0.171. The topological polar surface area (TPSA) is 81.1 Å². The largest absolute Gasteiger partial charge is 0.384 e. The number of hydrogen-bond acceptors (Lipinski definition) is 3. The third-order valence-corrected chi connectivity index (χ3v) is 3.16. The van der Waals surface area contributed by atoms with Gasteiger partial charge >= 0.3 is 0 Å². The lowest BCUT2D eigenvalue weighted by Crippen LogP contribution is -2.32. The molecule has 1 aromatic rings. The highest BCUT2D eigenvalue weighted by atomic mass is 16.5. The Hall–Kier alpha value is -1.62. The number of pyridine rings is 1. The lowest BCUT2D eigenvalue weighted by molar-refractivity contribution is 0.185. The van der Waals surface area contributed by atoms with Crippen LogP contribution in [0.4, 0.5) is 0 Å². The molecule has 1 heterocycles. The van der Waals surface area contributed by atoms with Crippen molar-refractivity contribution in [1.82, 2.24) is 4.57 Å². The lowest BCUT2D eigenvalue weighted by Gasteiger charge is -2.13. The van der Waals surface area contributed by atoms with Crippen LogP contribution in [0.3, 0.4) is 0 Å². The molecule has 0 saturated carbocycles. The first-order valence-corrected chi connectivity index (χ1v) is 5.74. The molecule has 0 aliphatic heterocycles. The van der Waals surface area contributed by atoms with Crippen LogP contribution in [0.2, 0.25) is 0 Å². The Labute approximate surface area is 99.7 Å². The van der Waals surface area contributed by atoms with Gasteiger partial charge in [0, 0.05) is 19.3 Å². The zero-order chi connectivity index (χ0) is 12.4. The van der Waals surface area contributed by atoms with Crippen molar-refractivity contribution in [3.8, 4) is 0 Å². The minimum Gasteiger partial charge on any atom is -0.384 e. The van der Waals surface area contributed by atoms with Crippen LogP contribution >= 0.6 is 0 Å². The van der Waals surface area contributed by atoms with Crippen LogP contribution in [0.5, 0.6) is 0 Å². The molecule has 92 valence electrons. The highest BCUT2D eigenvalue weighted by Gasteiger charge is 2.19. The summed E-state index contributed by atoms with van der Waals surface area (Å²) in [6.45, 7) is 1.02. The van der Waals surface area contributed by atoms with Crippen LogP contribution in [0.25, 0.3) is 0 Å². The summed E-state index contributed by atoms with van der Waals surface area (Å²) in [6.07, 6.45) is 2.94. The number of rotatable bonds is 4. The zero-order valence-electron chi connectivity index (χ0n) is 9.95. The summed E-state index contributed by atoms with van der Waals surface area (Å²) in [7, 11) is 1.61. The van der Waals surface area contributed by atoms with Gasteiger partial charge in [-0.05, 0) is 30.9 Å². The van der Waals surface area contributed by atoms with E-state index in [1.54, 1.807) is 17.7 Å². The Kier molecular flexibility index (Phi) is 3.28. The van der Waals surface area contributed by atoms with E-state index in [0.717, 1.165) is 30.5 Å². The molecule has 0 saturated heterocycles. The third-order valence-electron chi connectivity index (χ3n) is 3.16. The van der Waals surface area contributed by atoms with Crippen LogP contribution in [0, 0.1) is 5.41 Å². The van der Waals surface area contributed by atoms with E-state index in [9.17, 15) is 4.79 Å². The maximum absolute atomic E-state index is 12.2. The molecule has 0 unspecified atom stereocenters. The number of hydrogen-bond donors (Lipinski definition) is 2. The molecule has 0 amide bonds. The molecule has 5 nitrogen and oxygen atoms in total. The first kappa shape index (κ1) is 11.9. The zero-order valence-corrected chi connectivity index (χ0v) is 9.95. The SMILES string of the molecule is COCCn1c2c(cc(C(=N)N)c1=O)CCC2. The molecule has 17 heavy (non-hydrogen) atoms. The van der Waals surface area contributed by atoms with Crippen molar-refractivity contribution in [3.63, 3.8) is 0 Å². The third kappa shape index (κ3) is 2.10. The minimum absolute atomic E-state index is 0.157. The Morgan fingerprint density at radius 3 is 3.00 bits per heavy atom. The van der Waals surface area contributed by atoms with Crippen molar-refractivity contribution in [2.24, 2.45) is 5.73 Å². The maximum atomic E-state index is 12.2. The number of methoxy groups -OCH3 is 1. The number of fused-ring (bicyclic) bond motifs is 1. The summed E-state index contributed by atoms with van der Waals surface area (Å²) in [5.41, 5.74) is 7.81. The fourth-order valence-corrected chi connectivity index (χ4v) is 2.33. The number of nitrogens with one attached hydrogen (secondary N) is 1. The summed E-state index contributed by atoms with van der Waals surface area (Å²) in [5.74, 6) is -0.157. The van der Waals surface area contributed by atoms with E-state index >= 15 is 0 Å². The second-order valence-electron chi connectivity index (χ2n) is 4.25. The number of ether oxygens (including phenoxy) is 1. The van der Waals surface area contributed by atoms with Gasteiger partial charge in [0.05, 0.1) is 12.2 Å². The Bertz CT molecular complexity index is 505. The Morgan fingerprint density at radius 2 is 2.35 bits per heavy atom. The normalized spacial score (nSPS) is 13.7. The van der Waals surface area contributed by atoms with E-state index in [4.69, 9.17) is 15.9 Å². The molecule has 0 aromatic carbocycles. The van der Waals surface area contributed by atoms with Crippen LogP contribution in [-0.2, 0) is 24.1 Å². The van der Waals surface area contributed by atoms with Crippen molar-refractivity contribution in [2.45, 2.75) is 25.8 Å². The molecule has 1 aliphatic carbocycles.